The van der Waals surface area contributed by atoms with Crippen molar-refractivity contribution in [2.45, 2.75) is 50.1 Å². The minimum Gasteiger partial charge on any atom is -0.383 e. The first-order valence-corrected chi connectivity index (χ1v) is 39.1. The van der Waals surface area contributed by atoms with E-state index in [1.165, 1.54) is 47.8 Å². The number of hydrogen-bond acceptors (Lipinski definition) is 24. The summed E-state index contributed by atoms with van der Waals surface area (Å²) in [5.41, 5.74) is 28.5. The standard InChI is InChI=1S/C23H23F2N5O.C22H22ClN5O.C22H20F3N5O.C21H20ClN5O/c1-23(24,25)16-6-2-5-15(13-16)19-14-30(12-11-27-19)20-9-3-8-18(29-20)21(31)17-7-4-10-28-22(17)26;1-14-12-15(7-8-17(14)23)19-13-28(11-10-25-19)20-6-2-5-18(27-20)21(29)16-4-3-9-26-22(16)24;23-22(24,25)16-8-9-18(29-19(16)20(31)15-7-4-10-28-21(15)26)30-12-11-27-17(13-30)14-5-2-1-3-6-14;22-16-8-9-18(26-19(16)20(28)15-7-4-10-25-21(15)23)27-12-11-24-17(13-27)14-5-2-1-3-6-14/h2-10,13,19,27H,11-12,14H2,1H3,(H2,26,28);2-9,12,19,25H,10-11,13H2,1H3,(H2,24,26);1-10,17,27H,11-13H2,(H2,26,28);1-10,17,24H,11-13H2,(H2,23,25). The number of ketones is 4. The molecule has 4 fully saturated rings. The summed E-state index contributed by atoms with van der Waals surface area (Å²) < 4.78 is 68.4. The minimum absolute atomic E-state index is 0.00726. The van der Waals surface area contributed by atoms with Crippen LogP contribution in [-0.2, 0) is 12.1 Å². The Labute approximate surface area is 693 Å². The first kappa shape index (κ1) is 84.2. The second-order valence-electron chi connectivity index (χ2n) is 28.5. The van der Waals surface area contributed by atoms with Crippen LogP contribution in [0.4, 0.5) is 68.5 Å². The molecule has 8 aromatic heterocycles. The number of rotatable bonds is 17. The Bertz CT molecular complexity index is 5600. The number of nitrogen functional groups attached to an aromatic ring is 4. The Kier molecular flexibility index (Phi) is 26.9. The van der Waals surface area contributed by atoms with Gasteiger partial charge in [-0.15, -0.1) is 0 Å². The van der Waals surface area contributed by atoms with Gasteiger partial charge in [-0.05, 0) is 144 Å². The van der Waals surface area contributed by atoms with Gasteiger partial charge in [0.15, 0.2) is 0 Å². The van der Waals surface area contributed by atoms with E-state index in [1.54, 1.807) is 85.2 Å². The van der Waals surface area contributed by atoms with Crippen LogP contribution in [0, 0.1) is 6.92 Å². The Balaban J connectivity index is 0.000000137. The zero-order valence-corrected chi connectivity index (χ0v) is 66.3. The van der Waals surface area contributed by atoms with Crippen LogP contribution >= 0.6 is 23.2 Å². The van der Waals surface area contributed by atoms with E-state index in [0.29, 0.717) is 78.3 Å². The van der Waals surface area contributed by atoms with Gasteiger partial charge >= 0.3 is 6.18 Å². The number of alkyl halides is 5. The van der Waals surface area contributed by atoms with Crippen LogP contribution < -0.4 is 63.8 Å². The third kappa shape index (κ3) is 20.8. The smallest absolute Gasteiger partial charge is 0.383 e. The van der Waals surface area contributed by atoms with E-state index in [2.05, 4.69) is 95.2 Å². The molecule has 0 saturated carbocycles. The van der Waals surface area contributed by atoms with Crippen LogP contribution in [0.3, 0.4) is 0 Å². The van der Waals surface area contributed by atoms with E-state index < -0.39 is 29.1 Å². The summed E-state index contributed by atoms with van der Waals surface area (Å²) in [7, 11) is 0. The Morgan fingerprint density at radius 1 is 0.378 bits per heavy atom. The normalized spacial score (nSPS) is 16.8. The quantitative estimate of drug-likeness (QED) is 0.0310. The molecule has 12 heterocycles. The van der Waals surface area contributed by atoms with E-state index in [4.69, 9.17) is 46.1 Å². The number of carbonyl (C=O) groups is 4. The van der Waals surface area contributed by atoms with Crippen molar-refractivity contribution in [2.24, 2.45) is 0 Å². The molecule has 0 bridgehead atoms. The number of anilines is 8. The number of pyridine rings is 8. The van der Waals surface area contributed by atoms with Gasteiger partial charge in [-0.25, -0.2) is 48.7 Å². The molecule has 31 heteroatoms. The summed E-state index contributed by atoms with van der Waals surface area (Å²) in [6.45, 7) is 11.2. The first-order valence-electron chi connectivity index (χ1n) is 38.3. The molecule has 119 heavy (non-hydrogen) atoms. The predicted octanol–water partition coefficient (Wildman–Crippen LogP) is 13.5. The summed E-state index contributed by atoms with van der Waals surface area (Å²) in [5.74, 6) is -1.79. The highest BCUT2D eigenvalue weighted by atomic mass is 35.5. The van der Waals surface area contributed by atoms with E-state index in [-0.39, 0.29) is 87.3 Å². The molecule has 610 valence electrons. The van der Waals surface area contributed by atoms with Crippen LogP contribution in [0.1, 0.15) is 134 Å². The highest BCUT2D eigenvalue weighted by Gasteiger charge is 2.39. The van der Waals surface area contributed by atoms with Crippen LogP contribution in [0.2, 0.25) is 10.0 Å². The van der Waals surface area contributed by atoms with Crippen LogP contribution in [0.15, 0.2) is 237 Å². The Morgan fingerprint density at radius 2 is 0.731 bits per heavy atom. The van der Waals surface area contributed by atoms with Gasteiger partial charge in [-0.2, -0.15) is 13.2 Å². The molecule has 4 unspecified atom stereocenters. The maximum Gasteiger partial charge on any atom is 0.418 e. The van der Waals surface area contributed by atoms with Crippen molar-refractivity contribution < 1.29 is 41.1 Å². The molecule has 4 aliphatic rings. The zero-order chi connectivity index (χ0) is 83.9. The van der Waals surface area contributed by atoms with Gasteiger partial charge in [0.05, 0.1) is 32.8 Å². The first-order chi connectivity index (χ1) is 57.3. The molecule has 4 atom stereocenters. The van der Waals surface area contributed by atoms with Crippen LogP contribution in [-0.4, -0.2) is 142 Å². The third-order valence-electron chi connectivity index (χ3n) is 20.5. The molecule has 12 N–H and O–H groups in total. The second kappa shape index (κ2) is 38.1. The molecule has 4 saturated heterocycles. The van der Waals surface area contributed by atoms with Gasteiger partial charge in [0, 0.05) is 145 Å². The fourth-order valence-corrected chi connectivity index (χ4v) is 14.5. The maximum atomic E-state index is 13.7. The number of piperazine rings is 4. The highest BCUT2D eigenvalue weighted by molar-refractivity contribution is 6.35. The average molecular weight is 1650 g/mol. The van der Waals surface area contributed by atoms with E-state index in [1.807, 2.05) is 102 Å². The monoisotopic (exact) mass is 1650 g/mol. The fraction of sp³-hybridized carbons (Fsp3) is 0.227. The van der Waals surface area contributed by atoms with E-state index >= 15 is 0 Å². The largest absolute Gasteiger partial charge is 0.418 e. The SMILES string of the molecule is CC(F)(F)c1cccc(C2CN(c3cccc(C(=O)c4cccnc4N)n3)CCN2)c1.Cc1cc(C2CN(c3cccc(C(=O)c4cccnc4N)n3)CCN2)ccc1Cl.Nc1ncccc1C(=O)c1nc(N2CCNC(c3ccccc3)C2)ccc1C(F)(F)F.Nc1ncccc1C(=O)c1nc(N2CCNC(c3ccccc3)C2)ccc1Cl. The maximum absolute atomic E-state index is 13.7. The van der Waals surface area contributed by atoms with Crippen LogP contribution in [0.25, 0.3) is 0 Å². The summed E-state index contributed by atoms with van der Waals surface area (Å²) in [6, 6.07) is 62.1. The number of benzene rings is 4. The van der Waals surface area contributed by atoms with Crippen molar-refractivity contribution in [3.05, 3.63) is 331 Å². The van der Waals surface area contributed by atoms with Gasteiger partial charge in [0.25, 0.3) is 5.92 Å². The molecule has 4 aliphatic heterocycles. The molecule has 0 radical (unpaired) electrons. The number of nitrogens with zero attached hydrogens (tertiary/aromatic N) is 12. The molecule has 4 aromatic carbocycles. The fourth-order valence-electron chi connectivity index (χ4n) is 14.2. The van der Waals surface area contributed by atoms with Crippen molar-refractivity contribution in [2.75, 3.05) is 121 Å². The van der Waals surface area contributed by atoms with Crippen molar-refractivity contribution in [3.8, 4) is 0 Å². The van der Waals surface area contributed by atoms with Gasteiger partial charge in [-0.3, -0.25) is 19.2 Å². The Morgan fingerprint density at radius 3 is 1.13 bits per heavy atom. The van der Waals surface area contributed by atoms with Crippen LogP contribution in [0.5, 0.6) is 0 Å². The summed E-state index contributed by atoms with van der Waals surface area (Å²) in [6.07, 6.45) is 1.27. The number of halogens is 7. The Hall–Kier alpha value is -12.8. The number of nitrogens with two attached hydrogens (primary N) is 4. The summed E-state index contributed by atoms with van der Waals surface area (Å²) in [4.78, 5) is 93.4. The van der Waals surface area contributed by atoms with Crippen molar-refractivity contribution in [1.82, 2.24) is 61.1 Å². The lowest BCUT2D eigenvalue weighted by molar-refractivity contribution is -0.138. The molecule has 0 aliphatic carbocycles. The number of aryl methyl sites for hydroxylation is 1. The number of carbonyl (C=O) groups excluding carboxylic acids is 4. The average Bonchev–Trinajstić information content (AvgIpc) is 0.863. The van der Waals surface area contributed by atoms with Gasteiger partial charge in [-0.1, -0.05) is 126 Å². The van der Waals surface area contributed by atoms with Crippen molar-refractivity contribution >= 4 is 92.9 Å². The molecule has 0 amide bonds. The molecule has 12 aromatic rings. The summed E-state index contributed by atoms with van der Waals surface area (Å²) >= 11 is 12.4. The molecule has 24 nitrogen and oxygen atoms in total. The van der Waals surface area contributed by atoms with Crippen molar-refractivity contribution in [3.63, 3.8) is 0 Å². The van der Waals surface area contributed by atoms with E-state index in [9.17, 15) is 41.1 Å². The van der Waals surface area contributed by atoms with Crippen molar-refractivity contribution in [1.29, 1.82) is 0 Å². The summed E-state index contributed by atoms with van der Waals surface area (Å²) in [5, 5.41) is 14.9. The lowest BCUT2D eigenvalue weighted by atomic mass is 9.99. The van der Waals surface area contributed by atoms with Gasteiger partial charge < -0.3 is 63.8 Å². The predicted molar refractivity (Wildman–Crippen MR) is 452 cm³/mol. The third-order valence-corrected chi connectivity index (χ3v) is 21.2. The topological polar surface area (TPSA) is 337 Å². The molecule has 16 rings (SSSR count). The zero-order valence-electron chi connectivity index (χ0n) is 64.8. The second-order valence-corrected chi connectivity index (χ2v) is 29.4. The lowest BCUT2D eigenvalue weighted by Crippen LogP contribution is -2.46. The number of nitrogens with one attached hydrogen (secondary N) is 4. The number of hydrogen-bond donors (Lipinski definition) is 8. The highest BCUT2D eigenvalue weighted by Crippen LogP contribution is 2.37. The van der Waals surface area contributed by atoms with E-state index in [0.717, 1.165) is 85.6 Å². The van der Waals surface area contributed by atoms with Gasteiger partial charge in [0.1, 0.15) is 69.3 Å². The molecular formula is C88H85Cl2F5N20O4. The molecule has 0 spiro atoms. The number of aromatic nitrogens is 8. The minimum atomic E-state index is -4.73. The van der Waals surface area contributed by atoms with Gasteiger partial charge in [0.2, 0.25) is 23.1 Å². The molecular weight excluding hydrogens is 1570 g/mol. The lowest BCUT2D eigenvalue weighted by Gasteiger charge is -2.35.